The molecule has 3 aromatic carbocycles. The van der Waals surface area contributed by atoms with Crippen LogP contribution in [0, 0.1) is 5.82 Å². The van der Waals surface area contributed by atoms with E-state index in [9.17, 15) is 27.8 Å². The summed E-state index contributed by atoms with van der Waals surface area (Å²) in [5.41, 5.74) is 0.894. The molecule has 1 atom stereocenters. The molecule has 194 valence electrons. The molecular formula is C27H23F4NO5. The highest BCUT2D eigenvalue weighted by Crippen LogP contribution is 2.44. The lowest BCUT2D eigenvalue weighted by atomic mass is 9.84. The molecule has 5 rings (SSSR count). The maximum absolute atomic E-state index is 15.0. The van der Waals surface area contributed by atoms with Crippen molar-refractivity contribution in [3.8, 4) is 11.5 Å². The highest BCUT2D eigenvalue weighted by molar-refractivity contribution is 6.00. The van der Waals surface area contributed by atoms with Crippen molar-refractivity contribution >= 4 is 16.8 Å². The number of aliphatic hydroxyl groups excluding tert-OH is 1. The minimum atomic E-state index is -4.69. The van der Waals surface area contributed by atoms with Gasteiger partial charge in [-0.15, -0.1) is 0 Å². The molecule has 10 heteroatoms. The lowest BCUT2D eigenvalue weighted by Gasteiger charge is -2.29. The lowest BCUT2D eigenvalue weighted by Crippen LogP contribution is -2.19. The van der Waals surface area contributed by atoms with Crippen LogP contribution in [0.1, 0.15) is 28.4 Å². The van der Waals surface area contributed by atoms with Gasteiger partial charge in [-0.1, -0.05) is 18.2 Å². The van der Waals surface area contributed by atoms with Gasteiger partial charge in [0, 0.05) is 29.4 Å². The third kappa shape index (κ3) is 5.27. The van der Waals surface area contributed by atoms with Crippen molar-refractivity contribution in [2.75, 3.05) is 31.7 Å². The monoisotopic (exact) mass is 517 g/mol. The molecule has 2 aliphatic heterocycles. The minimum absolute atomic E-state index is 0.0130. The summed E-state index contributed by atoms with van der Waals surface area (Å²) in [6.07, 6.45) is -6.39. The Bertz CT molecular complexity index is 1320. The number of hydrogen-bond acceptors (Lipinski definition) is 6. The molecule has 1 unspecified atom stereocenters. The van der Waals surface area contributed by atoms with E-state index in [-0.39, 0.29) is 24.5 Å². The number of rotatable bonds is 6. The molecule has 0 amide bonds. The Morgan fingerprint density at radius 2 is 1.68 bits per heavy atom. The molecule has 0 aromatic heterocycles. The first-order chi connectivity index (χ1) is 17.7. The van der Waals surface area contributed by atoms with Crippen LogP contribution in [0.4, 0.5) is 23.2 Å². The average molecular weight is 517 g/mol. The number of ether oxygens (including phenoxy) is 3. The summed E-state index contributed by atoms with van der Waals surface area (Å²) in [5.74, 6) is -0.548. The first-order valence-corrected chi connectivity index (χ1v) is 11.5. The van der Waals surface area contributed by atoms with Gasteiger partial charge in [-0.2, -0.15) is 13.2 Å². The van der Waals surface area contributed by atoms with Gasteiger partial charge in [-0.25, -0.2) is 4.39 Å². The molecule has 0 spiro atoms. The number of alkyl halides is 3. The first kappa shape index (κ1) is 25.1. The minimum Gasteiger partial charge on any atom is -0.508 e. The zero-order valence-electron chi connectivity index (χ0n) is 19.4. The quantitative estimate of drug-likeness (QED) is 0.382. The Hall–Kier alpha value is -3.60. The summed E-state index contributed by atoms with van der Waals surface area (Å²) in [7, 11) is 0. The van der Waals surface area contributed by atoms with Crippen molar-refractivity contribution < 1.29 is 42.0 Å². The zero-order valence-corrected chi connectivity index (χ0v) is 19.4. The van der Waals surface area contributed by atoms with Crippen LogP contribution in [-0.2, 0) is 15.7 Å². The molecule has 3 N–H and O–H groups in total. The van der Waals surface area contributed by atoms with E-state index in [2.05, 4.69) is 5.32 Å². The van der Waals surface area contributed by atoms with Crippen LogP contribution in [0.2, 0.25) is 0 Å². The van der Waals surface area contributed by atoms with Gasteiger partial charge in [-0.3, -0.25) is 0 Å². The summed E-state index contributed by atoms with van der Waals surface area (Å²) in [4.78, 5) is 0. The molecule has 3 aromatic rings. The third-order valence-corrected chi connectivity index (χ3v) is 6.24. The average Bonchev–Trinajstić information content (AvgIpc) is 3.40. The molecule has 0 radical (unpaired) electrons. The van der Waals surface area contributed by atoms with E-state index < -0.39 is 30.0 Å². The normalized spacial score (nSPS) is 16.9. The van der Waals surface area contributed by atoms with Gasteiger partial charge in [0.2, 0.25) is 0 Å². The summed E-state index contributed by atoms with van der Waals surface area (Å²) in [5, 5.41) is 24.4. The van der Waals surface area contributed by atoms with Crippen LogP contribution in [-0.4, -0.2) is 42.9 Å². The standard InChI is InChI=1S/C27H23F4NO5/c28-22-11-16(27(29,30)31)3-7-19(22)21-13-32-23-12-17(33)4-8-20(23)25(21)26(34)15-1-5-18(6-2-15)37-14-24-35-9-10-36-24/h1-8,11-12,24,26,32-34H,9-10,13-14H2. The largest absolute Gasteiger partial charge is 0.508 e. The highest BCUT2D eigenvalue weighted by Gasteiger charge is 2.33. The van der Waals surface area contributed by atoms with Crippen molar-refractivity contribution in [3.63, 3.8) is 0 Å². The Kier molecular flexibility index (Phi) is 6.80. The van der Waals surface area contributed by atoms with Gasteiger partial charge < -0.3 is 29.7 Å². The van der Waals surface area contributed by atoms with Crippen LogP contribution in [0.15, 0.2) is 60.7 Å². The number of phenolic OH excluding ortho intramolecular Hbond substituents is 1. The fourth-order valence-corrected chi connectivity index (χ4v) is 4.42. The fourth-order valence-electron chi connectivity index (χ4n) is 4.42. The zero-order chi connectivity index (χ0) is 26.2. The second-order valence-electron chi connectivity index (χ2n) is 8.62. The van der Waals surface area contributed by atoms with E-state index in [1.165, 1.54) is 12.1 Å². The van der Waals surface area contributed by atoms with E-state index in [1.807, 2.05) is 0 Å². The van der Waals surface area contributed by atoms with Crippen molar-refractivity contribution in [2.45, 2.75) is 18.6 Å². The van der Waals surface area contributed by atoms with Gasteiger partial charge in [0.15, 0.2) is 6.29 Å². The van der Waals surface area contributed by atoms with Gasteiger partial charge >= 0.3 is 6.18 Å². The number of hydrogen-bond donors (Lipinski definition) is 3. The van der Waals surface area contributed by atoms with Gasteiger partial charge in [0.25, 0.3) is 0 Å². The summed E-state index contributed by atoms with van der Waals surface area (Å²) < 4.78 is 70.6. The fraction of sp³-hybridized carbons (Fsp3) is 0.259. The van der Waals surface area contributed by atoms with Crippen molar-refractivity contribution in [1.29, 1.82) is 0 Å². The van der Waals surface area contributed by atoms with E-state index in [0.717, 1.165) is 12.1 Å². The second kappa shape index (κ2) is 10.0. The van der Waals surface area contributed by atoms with Gasteiger partial charge in [0.1, 0.15) is 30.0 Å². The van der Waals surface area contributed by atoms with Crippen molar-refractivity contribution in [1.82, 2.24) is 0 Å². The Morgan fingerprint density at radius 1 is 0.973 bits per heavy atom. The summed E-state index contributed by atoms with van der Waals surface area (Å²) in [6.45, 7) is 1.23. The summed E-state index contributed by atoms with van der Waals surface area (Å²) >= 11 is 0. The molecular weight excluding hydrogens is 494 g/mol. The number of phenols is 1. The molecule has 6 nitrogen and oxygen atoms in total. The number of halogens is 4. The van der Waals surface area contributed by atoms with E-state index >= 15 is 0 Å². The topological polar surface area (TPSA) is 80.2 Å². The maximum atomic E-state index is 15.0. The number of fused-ring (bicyclic) bond motifs is 1. The van der Waals surface area contributed by atoms with Crippen molar-refractivity contribution in [2.24, 2.45) is 0 Å². The molecule has 2 heterocycles. The number of aromatic hydroxyl groups is 1. The molecule has 1 fully saturated rings. The molecule has 0 bridgehead atoms. The van der Waals surface area contributed by atoms with E-state index in [4.69, 9.17) is 14.2 Å². The van der Waals surface area contributed by atoms with Gasteiger partial charge in [0.05, 0.1) is 18.8 Å². The van der Waals surface area contributed by atoms with Crippen LogP contribution >= 0.6 is 0 Å². The Morgan fingerprint density at radius 3 is 2.35 bits per heavy atom. The maximum Gasteiger partial charge on any atom is 0.416 e. The van der Waals surface area contributed by atoms with Crippen LogP contribution in [0.25, 0.3) is 11.1 Å². The van der Waals surface area contributed by atoms with Crippen molar-refractivity contribution in [3.05, 3.63) is 88.7 Å². The summed E-state index contributed by atoms with van der Waals surface area (Å²) in [6, 6.07) is 13.4. The molecule has 0 aliphatic carbocycles. The first-order valence-electron chi connectivity index (χ1n) is 11.5. The number of nitrogens with one attached hydrogen (secondary N) is 1. The molecule has 2 aliphatic rings. The number of aliphatic hydroxyl groups is 1. The SMILES string of the molecule is Oc1ccc2c(c1)NCC(c1ccc(C(F)(F)F)cc1F)=C2C(O)c1ccc(OCC2OCCO2)cc1. The predicted molar refractivity (Wildman–Crippen MR) is 127 cm³/mol. The number of anilines is 1. The lowest BCUT2D eigenvalue weighted by molar-refractivity contribution is -0.137. The Balaban J connectivity index is 1.51. The molecule has 37 heavy (non-hydrogen) atoms. The molecule has 0 saturated carbocycles. The molecule has 1 saturated heterocycles. The third-order valence-electron chi connectivity index (χ3n) is 6.24. The second-order valence-corrected chi connectivity index (χ2v) is 8.62. The van der Waals surface area contributed by atoms with Crippen LogP contribution in [0.3, 0.4) is 0 Å². The van der Waals surface area contributed by atoms with Crippen LogP contribution in [0.5, 0.6) is 11.5 Å². The van der Waals surface area contributed by atoms with E-state index in [0.29, 0.717) is 53.0 Å². The Labute approximate surface area is 209 Å². The van der Waals surface area contributed by atoms with E-state index in [1.54, 1.807) is 30.3 Å². The van der Waals surface area contributed by atoms with Gasteiger partial charge in [-0.05, 0) is 53.1 Å². The van der Waals surface area contributed by atoms with Crippen LogP contribution < -0.4 is 10.1 Å². The highest BCUT2D eigenvalue weighted by atomic mass is 19.4. The smallest absolute Gasteiger partial charge is 0.416 e. The predicted octanol–water partition coefficient (Wildman–Crippen LogP) is 5.37. The number of benzene rings is 3.